The first-order valence-corrected chi connectivity index (χ1v) is 6.89. The molecule has 0 aliphatic rings. The molecule has 0 atom stereocenters. The maximum atomic E-state index is 11.7. The van der Waals surface area contributed by atoms with E-state index in [1.807, 2.05) is 0 Å². The molecular weight excluding hydrogens is 296 g/mol. The minimum atomic E-state index is -0.850. The zero-order chi connectivity index (χ0) is 15.7. The summed E-state index contributed by atoms with van der Waals surface area (Å²) >= 11 is 5.71. The summed E-state index contributed by atoms with van der Waals surface area (Å²) in [5.41, 5.74) is 0.425. The van der Waals surface area contributed by atoms with Gasteiger partial charge in [-0.1, -0.05) is 11.6 Å². The Morgan fingerprint density at radius 2 is 1.71 bits per heavy atom. The van der Waals surface area contributed by atoms with Crippen LogP contribution >= 0.6 is 11.6 Å². The number of nitrogens with one attached hydrogen (secondary N) is 2. The Hall–Kier alpha value is -2.08. The third-order valence-corrected chi connectivity index (χ3v) is 2.91. The Morgan fingerprint density at radius 3 is 2.33 bits per heavy atom. The lowest BCUT2D eigenvalue weighted by molar-refractivity contribution is -0.137. The molecule has 2 amide bonds. The van der Waals surface area contributed by atoms with Crippen molar-refractivity contribution in [3.8, 4) is 0 Å². The molecule has 0 bridgehead atoms. The van der Waals surface area contributed by atoms with Gasteiger partial charge in [-0.05, 0) is 37.1 Å². The normalized spacial score (nSPS) is 9.95. The lowest BCUT2D eigenvalue weighted by atomic mass is 10.2. The van der Waals surface area contributed by atoms with Crippen molar-refractivity contribution in [1.29, 1.82) is 0 Å². The monoisotopic (exact) mass is 312 g/mol. The van der Waals surface area contributed by atoms with Crippen molar-refractivity contribution in [3.05, 3.63) is 34.9 Å². The summed E-state index contributed by atoms with van der Waals surface area (Å²) in [5, 5.41) is 14.1. The Morgan fingerprint density at radius 1 is 1.05 bits per heavy atom. The van der Waals surface area contributed by atoms with E-state index < -0.39 is 5.97 Å². The number of hydrogen-bond donors (Lipinski definition) is 3. The third-order valence-electron chi connectivity index (χ3n) is 2.66. The van der Waals surface area contributed by atoms with Crippen molar-refractivity contribution >= 4 is 29.4 Å². The van der Waals surface area contributed by atoms with Crippen molar-refractivity contribution in [2.45, 2.75) is 19.3 Å². The Kier molecular flexibility index (Phi) is 7.25. The lowest BCUT2D eigenvalue weighted by Gasteiger charge is -2.06. The van der Waals surface area contributed by atoms with Crippen LogP contribution in [-0.2, 0) is 9.59 Å². The number of halogens is 1. The summed E-state index contributed by atoms with van der Waals surface area (Å²) < 4.78 is 0. The summed E-state index contributed by atoms with van der Waals surface area (Å²) in [6, 6.07) is 6.33. The van der Waals surface area contributed by atoms with Gasteiger partial charge in [0.15, 0.2) is 0 Å². The van der Waals surface area contributed by atoms with Crippen molar-refractivity contribution in [2.24, 2.45) is 0 Å². The van der Waals surface area contributed by atoms with E-state index in [0.717, 1.165) is 0 Å². The van der Waals surface area contributed by atoms with E-state index in [-0.39, 0.29) is 24.8 Å². The highest BCUT2D eigenvalue weighted by atomic mass is 35.5. The van der Waals surface area contributed by atoms with Crippen LogP contribution in [0.3, 0.4) is 0 Å². The van der Waals surface area contributed by atoms with Crippen LogP contribution in [0.25, 0.3) is 0 Å². The fraction of sp³-hybridized carbons (Fsp3) is 0.357. The largest absolute Gasteiger partial charge is 0.481 e. The van der Waals surface area contributed by atoms with Crippen LogP contribution in [0.4, 0.5) is 0 Å². The van der Waals surface area contributed by atoms with Gasteiger partial charge in [-0.15, -0.1) is 0 Å². The first-order chi connectivity index (χ1) is 9.99. The van der Waals surface area contributed by atoms with Gasteiger partial charge in [-0.2, -0.15) is 0 Å². The quantitative estimate of drug-likeness (QED) is 0.633. The van der Waals surface area contributed by atoms with Gasteiger partial charge in [-0.3, -0.25) is 14.4 Å². The molecule has 0 heterocycles. The maximum absolute atomic E-state index is 11.7. The molecule has 0 spiro atoms. The number of hydrogen-bond acceptors (Lipinski definition) is 3. The highest BCUT2D eigenvalue weighted by Gasteiger charge is 2.07. The van der Waals surface area contributed by atoms with Crippen molar-refractivity contribution in [3.63, 3.8) is 0 Å². The van der Waals surface area contributed by atoms with E-state index in [9.17, 15) is 14.4 Å². The molecule has 21 heavy (non-hydrogen) atoms. The molecule has 0 aliphatic carbocycles. The van der Waals surface area contributed by atoms with Crippen molar-refractivity contribution in [1.82, 2.24) is 10.6 Å². The number of amides is 2. The fourth-order valence-electron chi connectivity index (χ4n) is 1.56. The van der Waals surface area contributed by atoms with Crippen LogP contribution in [0.2, 0.25) is 5.02 Å². The zero-order valence-corrected chi connectivity index (χ0v) is 12.2. The summed E-state index contributed by atoms with van der Waals surface area (Å²) in [5.74, 6) is -1.52. The number of carboxylic acids is 1. The van der Waals surface area contributed by atoms with Crippen LogP contribution < -0.4 is 10.6 Å². The summed E-state index contributed by atoms with van der Waals surface area (Å²) in [6.45, 7) is 0.267. The molecule has 0 aliphatic heterocycles. The van der Waals surface area contributed by atoms with E-state index in [0.29, 0.717) is 30.0 Å². The van der Waals surface area contributed by atoms with Gasteiger partial charge in [-0.25, -0.2) is 0 Å². The standard InChI is InChI=1S/C14H17ClN2O4/c15-11-6-4-10(5-7-11)14(21)17-9-12(18)16-8-2-1-3-13(19)20/h4-7H,1-3,8-9H2,(H,16,18)(H,17,21)(H,19,20). The number of carbonyl (C=O) groups excluding carboxylic acids is 2. The van der Waals surface area contributed by atoms with Crippen LogP contribution in [-0.4, -0.2) is 36.0 Å². The first kappa shape index (κ1) is 17.0. The van der Waals surface area contributed by atoms with E-state index in [2.05, 4.69) is 10.6 Å². The second-order valence-electron chi connectivity index (χ2n) is 4.39. The molecule has 3 N–H and O–H groups in total. The van der Waals surface area contributed by atoms with Crippen LogP contribution in [0.5, 0.6) is 0 Å². The van der Waals surface area contributed by atoms with E-state index in [1.165, 1.54) is 0 Å². The molecule has 114 valence electrons. The van der Waals surface area contributed by atoms with Crippen molar-refractivity contribution in [2.75, 3.05) is 13.1 Å². The number of aliphatic carboxylic acids is 1. The first-order valence-electron chi connectivity index (χ1n) is 6.51. The number of carboxylic acid groups (broad SMARTS) is 1. The molecule has 1 rings (SSSR count). The minimum Gasteiger partial charge on any atom is -0.481 e. The minimum absolute atomic E-state index is 0.0865. The molecule has 0 aromatic heterocycles. The van der Waals surface area contributed by atoms with E-state index in [1.54, 1.807) is 24.3 Å². The average Bonchev–Trinajstić information content (AvgIpc) is 2.44. The Labute approximate surface area is 127 Å². The van der Waals surface area contributed by atoms with Crippen LogP contribution in [0.1, 0.15) is 29.6 Å². The SMILES string of the molecule is O=C(O)CCCCNC(=O)CNC(=O)c1ccc(Cl)cc1. The molecule has 7 heteroatoms. The number of unbranched alkanes of at least 4 members (excludes halogenated alkanes) is 1. The zero-order valence-electron chi connectivity index (χ0n) is 11.4. The number of carbonyl (C=O) groups is 3. The lowest BCUT2D eigenvalue weighted by Crippen LogP contribution is -2.37. The van der Waals surface area contributed by atoms with Crippen LogP contribution in [0, 0.1) is 0 Å². The fourth-order valence-corrected chi connectivity index (χ4v) is 1.68. The predicted octanol–water partition coefficient (Wildman–Crippen LogP) is 1.44. The highest BCUT2D eigenvalue weighted by molar-refractivity contribution is 6.30. The number of rotatable bonds is 8. The molecule has 0 saturated carbocycles. The van der Waals surface area contributed by atoms with Gasteiger partial charge < -0.3 is 15.7 Å². The molecule has 1 aromatic rings. The summed E-state index contributed by atoms with van der Waals surface area (Å²) in [7, 11) is 0. The van der Waals surface area contributed by atoms with E-state index in [4.69, 9.17) is 16.7 Å². The molecule has 0 unspecified atom stereocenters. The van der Waals surface area contributed by atoms with Gasteiger partial charge in [0.2, 0.25) is 5.91 Å². The van der Waals surface area contributed by atoms with E-state index >= 15 is 0 Å². The van der Waals surface area contributed by atoms with Gasteiger partial charge in [0.25, 0.3) is 5.91 Å². The smallest absolute Gasteiger partial charge is 0.303 e. The molecular formula is C14H17ClN2O4. The molecule has 0 saturated heterocycles. The van der Waals surface area contributed by atoms with Gasteiger partial charge >= 0.3 is 5.97 Å². The van der Waals surface area contributed by atoms with Gasteiger partial charge in [0.05, 0.1) is 6.54 Å². The molecule has 6 nitrogen and oxygen atoms in total. The van der Waals surface area contributed by atoms with Gasteiger partial charge in [0, 0.05) is 23.6 Å². The third kappa shape index (κ3) is 7.31. The highest BCUT2D eigenvalue weighted by Crippen LogP contribution is 2.09. The predicted molar refractivity (Wildman–Crippen MR) is 78.3 cm³/mol. The second kappa shape index (κ2) is 8.97. The second-order valence-corrected chi connectivity index (χ2v) is 4.83. The maximum Gasteiger partial charge on any atom is 0.303 e. The van der Waals surface area contributed by atoms with Crippen LogP contribution in [0.15, 0.2) is 24.3 Å². The summed E-state index contributed by atoms with van der Waals surface area (Å²) in [4.78, 5) is 33.5. The number of benzene rings is 1. The average molecular weight is 313 g/mol. The summed E-state index contributed by atoms with van der Waals surface area (Å²) in [6.07, 6.45) is 1.18. The topological polar surface area (TPSA) is 95.5 Å². The van der Waals surface area contributed by atoms with Gasteiger partial charge in [0.1, 0.15) is 0 Å². The Balaban J connectivity index is 2.19. The van der Waals surface area contributed by atoms with Crippen molar-refractivity contribution < 1.29 is 19.5 Å². The molecule has 0 fully saturated rings. The Bertz CT molecular complexity index is 502. The molecule has 1 aromatic carbocycles. The molecule has 0 radical (unpaired) electrons.